The molecule has 0 saturated carbocycles. The first kappa shape index (κ1) is 17.9. The number of carbonyl (C=O) groups is 1. The van der Waals surface area contributed by atoms with Gasteiger partial charge >= 0.3 is 0 Å². The van der Waals surface area contributed by atoms with Crippen molar-refractivity contribution < 1.29 is 13.2 Å². The van der Waals surface area contributed by atoms with Crippen LogP contribution in [0.25, 0.3) is 0 Å². The number of terminal acetylenes is 1. The summed E-state index contributed by atoms with van der Waals surface area (Å²) in [4.78, 5) is 11.7. The van der Waals surface area contributed by atoms with Gasteiger partial charge in [0.15, 0.2) is 0 Å². The highest BCUT2D eigenvalue weighted by Gasteiger charge is 2.30. The fraction of sp³-hybridized carbons (Fsp3) is 0.211. The van der Waals surface area contributed by atoms with E-state index >= 15 is 0 Å². The minimum Gasteiger partial charge on any atom is -0.302 e. The smallest absolute Gasteiger partial charge is 0.244 e. The number of sulfonamides is 1. The lowest BCUT2D eigenvalue weighted by atomic mass is 10.1. The molecule has 2 rings (SSSR count). The van der Waals surface area contributed by atoms with Crippen LogP contribution < -0.4 is 0 Å². The molecule has 0 bridgehead atoms. The van der Waals surface area contributed by atoms with E-state index in [-0.39, 0.29) is 17.9 Å². The average Bonchev–Trinajstić information content (AvgIpc) is 2.59. The lowest BCUT2D eigenvalue weighted by molar-refractivity contribution is -0.110. The van der Waals surface area contributed by atoms with Gasteiger partial charge in [-0.3, -0.25) is 0 Å². The molecule has 24 heavy (non-hydrogen) atoms. The van der Waals surface area contributed by atoms with Crippen LogP contribution in [0.4, 0.5) is 0 Å². The van der Waals surface area contributed by atoms with Crippen molar-refractivity contribution in [2.75, 3.05) is 6.54 Å². The second kappa shape index (κ2) is 7.91. The average molecular weight is 341 g/mol. The molecule has 0 aliphatic rings. The Labute approximate surface area is 143 Å². The number of nitrogens with zero attached hydrogens (tertiary/aromatic N) is 1. The van der Waals surface area contributed by atoms with Gasteiger partial charge in [-0.05, 0) is 31.0 Å². The molecule has 0 aliphatic carbocycles. The highest BCUT2D eigenvalue weighted by atomic mass is 32.2. The van der Waals surface area contributed by atoms with Crippen LogP contribution in [0.5, 0.6) is 0 Å². The van der Waals surface area contributed by atoms with Crippen molar-refractivity contribution >= 4 is 16.3 Å². The van der Waals surface area contributed by atoms with Crippen molar-refractivity contribution in [2.45, 2.75) is 24.3 Å². The molecule has 5 heteroatoms. The molecule has 0 aliphatic heterocycles. The molecule has 0 aromatic heterocycles. The van der Waals surface area contributed by atoms with Crippen LogP contribution in [0.15, 0.2) is 59.5 Å². The zero-order chi connectivity index (χ0) is 17.6. The number of aldehydes is 1. The zero-order valence-corrected chi connectivity index (χ0v) is 14.2. The Bertz CT molecular complexity index is 821. The second-order valence-electron chi connectivity index (χ2n) is 5.46. The lowest BCUT2D eigenvalue weighted by Gasteiger charge is -2.25. The van der Waals surface area contributed by atoms with E-state index in [0.717, 1.165) is 15.4 Å². The van der Waals surface area contributed by atoms with Crippen molar-refractivity contribution in [2.24, 2.45) is 0 Å². The molecule has 0 N–H and O–H groups in total. The standard InChI is InChI=1S/C19H19NO3S/c1-3-13-20(18(15-21)14-17-7-5-4-6-8-17)24(22,23)19-11-9-16(2)10-12-19/h1,4-12,15,18H,13-14H2,2H3. The summed E-state index contributed by atoms with van der Waals surface area (Å²) in [5.41, 5.74) is 1.82. The molecule has 0 radical (unpaired) electrons. The molecule has 0 amide bonds. The molecule has 2 aromatic carbocycles. The van der Waals surface area contributed by atoms with E-state index in [2.05, 4.69) is 5.92 Å². The molecule has 124 valence electrons. The summed E-state index contributed by atoms with van der Waals surface area (Å²) in [6.45, 7) is 1.71. The summed E-state index contributed by atoms with van der Waals surface area (Å²) in [7, 11) is -3.85. The van der Waals surface area contributed by atoms with Gasteiger partial charge in [0, 0.05) is 0 Å². The van der Waals surface area contributed by atoms with Crippen molar-refractivity contribution in [3.63, 3.8) is 0 Å². The molecular formula is C19H19NO3S. The van der Waals surface area contributed by atoms with Crippen LogP contribution in [0.3, 0.4) is 0 Å². The Morgan fingerprint density at radius 1 is 1.12 bits per heavy atom. The number of hydrogen-bond acceptors (Lipinski definition) is 3. The van der Waals surface area contributed by atoms with E-state index in [0.29, 0.717) is 6.29 Å². The summed E-state index contributed by atoms with van der Waals surface area (Å²) in [6, 6.07) is 14.9. The lowest BCUT2D eigenvalue weighted by Crippen LogP contribution is -2.42. The van der Waals surface area contributed by atoms with Crippen molar-refractivity contribution in [1.82, 2.24) is 4.31 Å². The summed E-state index contributed by atoms with van der Waals surface area (Å²) in [6.07, 6.45) is 6.25. The van der Waals surface area contributed by atoms with E-state index in [1.807, 2.05) is 37.3 Å². The number of rotatable bonds is 7. The number of hydrogen-bond donors (Lipinski definition) is 0. The number of aryl methyl sites for hydroxylation is 1. The maximum atomic E-state index is 12.9. The van der Waals surface area contributed by atoms with Gasteiger partial charge < -0.3 is 4.79 Å². The molecule has 1 atom stereocenters. The predicted octanol–water partition coefficient (Wildman–Crippen LogP) is 2.43. The Kier molecular flexibility index (Phi) is 5.91. The minimum atomic E-state index is -3.85. The van der Waals surface area contributed by atoms with E-state index in [1.165, 1.54) is 12.1 Å². The van der Waals surface area contributed by atoms with E-state index in [9.17, 15) is 13.2 Å². The summed E-state index contributed by atoms with van der Waals surface area (Å²) >= 11 is 0. The first-order valence-electron chi connectivity index (χ1n) is 7.50. The van der Waals surface area contributed by atoms with Crippen LogP contribution in [0, 0.1) is 19.3 Å². The van der Waals surface area contributed by atoms with Crippen LogP contribution >= 0.6 is 0 Å². The first-order chi connectivity index (χ1) is 11.5. The monoisotopic (exact) mass is 341 g/mol. The normalized spacial score (nSPS) is 12.5. The molecule has 4 nitrogen and oxygen atoms in total. The number of carbonyl (C=O) groups excluding carboxylic acids is 1. The molecule has 0 fully saturated rings. The van der Waals surface area contributed by atoms with E-state index < -0.39 is 16.1 Å². The first-order valence-corrected chi connectivity index (χ1v) is 8.94. The zero-order valence-electron chi connectivity index (χ0n) is 13.4. The van der Waals surface area contributed by atoms with Gasteiger partial charge in [0.25, 0.3) is 0 Å². The van der Waals surface area contributed by atoms with Crippen molar-refractivity contribution in [1.29, 1.82) is 0 Å². The third kappa shape index (κ3) is 4.10. The Morgan fingerprint density at radius 3 is 2.29 bits per heavy atom. The molecular weight excluding hydrogens is 322 g/mol. The van der Waals surface area contributed by atoms with Crippen molar-refractivity contribution in [3.05, 3.63) is 65.7 Å². The summed E-state index contributed by atoms with van der Waals surface area (Å²) < 4.78 is 26.9. The quantitative estimate of drug-likeness (QED) is 0.574. The highest BCUT2D eigenvalue weighted by molar-refractivity contribution is 7.89. The highest BCUT2D eigenvalue weighted by Crippen LogP contribution is 2.20. The maximum absolute atomic E-state index is 12.9. The molecule has 0 heterocycles. The van der Waals surface area contributed by atoms with Gasteiger partial charge in [-0.15, -0.1) is 6.42 Å². The molecule has 0 spiro atoms. The third-order valence-electron chi connectivity index (χ3n) is 3.69. The second-order valence-corrected chi connectivity index (χ2v) is 7.35. The summed E-state index contributed by atoms with van der Waals surface area (Å²) in [5.74, 6) is 2.34. The van der Waals surface area contributed by atoms with Gasteiger partial charge in [-0.25, -0.2) is 8.42 Å². The SMILES string of the molecule is C#CCN(C(C=O)Cc1ccccc1)S(=O)(=O)c1ccc(C)cc1. The number of benzene rings is 2. The van der Waals surface area contributed by atoms with E-state index in [1.54, 1.807) is 12.1 Å². The van der Waals surface area contributed by atoms with Gasteiger partial charge in [-0.2, -0.15) is 4.31 Å². The van der Waals surface area contributed by atoms with Gasteiger partial charge in [0.2, 0.25) is 10.0 Å². The minimum absolute atomic E-state index is 0.128. The Hall–Kier alpha value is -2.42. The fourth-order valence-corrected chi connectivity index (χ4v) is 3.87. The van der Waals surface area contributed by atoms with Crippen LogP contribution in [-0.4, -0.2) is 31.6 Å². The maximum Gasteiger partial charge on any atom is 0.244 e. The topological polar surface area (TPSA) is 54.5 Å². The van der Waals surface area contributed by atoms with Crippen LogP contribution in [0.2, 0.25) is 0 Å². The predicted molar refractivity (Wildman–Crippen MR) is 93.9 cm³/mol. The van der Waals surface area contributed by atoms with Crippen molar-refractivity contribution in [3.8, 4) is 12.3 Å². The molecule has 2 aromatic rings. The van der Waals surface area contributed by atoms with Gasteiger partial charge in [-0.1, -0.05) is 53.9 Å². The van der Waals surface area contributed by atoms with E-state index in [4.69, 9.17) is 6.42 Å². The van der Waals surface area contributed by atoms with Gasteiger partial charge in [0.05, 0.1) is 17.5 Å². The fourth-order valence-electron chi connectivity index (χ4n) is 2.39. The third-order valence-corrected chi connectivity index (χ3v) is 5.57. The van der Waals surface area contributed by atoms with Crippen LogP contribution in [0.1, 0.15) is 11.1 Å². The molecule has 1 unspecified atom stereocenters. The Balaban J connectivity index is 2.37. The Morgan fingerprint density at radius 2 is 1.75 bits per heavy atom. The van der Waals surface area contributed by atoms with Gasteiger partial charge in [0.1, 0.15) is 6.29 Å². The largest absolute Gasteiger partial charge is 0.302 e. The summed E-state index contributed by atoms with van der Waals surface area (Å²) in [5, 5.41) is 0. The van der Waals surface area contributed by atoms with Crippen LogP contribution in [-0.2, 0) is 21.2 Å². The molecule has 0 saturated heterocycles.